The van der Waals surface area contributed by atoms with Gasteiger partial charge in [-0.05, 0) is 31.2 Å². The van der Waals surface area contributed by atoms with Crippen LogP contribution < -0.4 is 5.32 Å². The van der Waals surface area contributed by atoms with Crippen LogP contribution in [0.1, 0.15) is 52.0 Å². The van der Waals surface area contributed by atoms with Crippen molar-refractivity contribution in [2.75, 3.05) is 5.32 Å². The number of hydrogen-bond donors (Lipinski definition) is 1. The van der Waals surface area contributed by atoms with E-state index in [9.17, 15) is 30.3 Å². The number of nitrogens with zero attached hydrogens (tertiary/aromatic N) is 3. The minimum Gasteiger partial charge on any atom is -0.312 e. The molecule has 0 atom stereocenters. The van der Waals surface area contributed by atoms with Gasteiger partial charge < -0.3 is 5.32 Å². The number of amides is 1. The van der Waals surface area contributed by atoms with Crippen LogP contribution in [0.4, 0.5) is 16.4 Å². The Morgan fingerprint density at radius 1 is 1.04 bits per heavy atom. The summed E-state index contributed by atoms with van der Waals surface area (Å²) in [7, 11) is 0. The molecule has 2 aromatic rings. The Kier molecular flexibility index (Phi) is 5.65. The number of nitriles is 1. The zero-order chi connectivity index (χ0) is 20.3. The lowest BCUT2D eigenvalue weighted by Crippen LogP contribution is -2.12. The highest BCUT2D eigenvalue weighted by atomic mass is 32.1. The molecule has 1 aliphatic rings. The number of carbonyl (C=O) groups excluding carboxylic acids is 1. The molecule has 0 saturated heterocycles. The molecular formula is C18H16N4O5S. The van der Waals surface area contributed by atoms with Crippen molar-refractivity contribution in [2.45, 2.75) is 38.5 Å². The van der Waals surface area contributed by atoms with E-state index in [-0.39, 0.29) is 5.56 Å². The molecule has 3 rings (SSSR count). The summed E-state index contributed by atoms with van der Waals surface area (Å²) in [4.78, 5) is 34.1. The highest BCUT2D eigenvalue weighted by molar-refractivity contribution is 7.16. The van der Waals surface area contributed by atoms with Crippen molar-refractivity contribution in [1.29, 1.82) is 5.26 Å². The second kappa shape index (κ2) is 8.14. The van der Waals surface area contributed by atoms with Gasteiger partial charge in [0.15, 0.2) is 0 Å². The van der Waals surface area contributed by atoms with Gasteiger partial charge in [-0.3, -0.25) is 25.0 Å². The van der Waals surface area contributed by atoms with E-state index in [1.165, 1.54) is 11.3 Å². The van der Waals surface area contributed by atoms with Crippen LogP contribution in [0.15, 0.2) is 18.2 Å². The van der Waals surface area contributed by atoms with Gasteiger partial charge in [0.25, 0.3) is 17.3 Å². The summed E-state index contributed by atoms with van der Waals surface area (Å²) in [5, 5.41) is 34.6. The topological polar surface area (TPSA) is 139 Å². The standard InChI is InChI=1S/C18H16N4O5S/c19-10-15-14-5-3-1-2-4-6-16(14)28-18(15)20-17(23)11-7-12(21(24)25)9-13(8-11)22(26)27/h7-9H,1-6H2,(H,20,23). The molecule has 1 amide bonds. The summed E-state index contributed by atoms with van der Waals surface area (Å²) in [5.74, 6) is -0.725. The van der Waals surface area contributed by atoms with Crippen LogP contribution in [0, 0.1) is 31.6 Å². The average molecular weight is 400 g/mol. The third-order valence-electron chi connectivity index (χ3n) is 4.60. The van der Waals surface area contributed by atoms with Crippen LogP contribution >= 0.6 is 11.3 Å². The Labute approximate surface area is 163 Å². The molecule has 1 N–H and O–H groups in total. The normalized spacial score (nSPS) is 13.5. The minimum atomic E-state index is -0.790. The maximum absolute atomic E-state index is 12.6. The van der Waals surface area contributed by atoms with Crippen molar-refractivity contribution in [3.05, 3.63) is 60.0 Å². The molecule has 28 heavy (non-hydrogen) atoms. The zero-order valence-corrected chi connectivity index (χ0v) is 15.6. The first-order valence-electron chi connectivity index (χ1n) is 8.70. The summed E-state index contributed by atoms with van der Waals surface area (Å²) >= 11 is 1.33. The van der Waals surface area contributed by atoms with Gasteiger partial charge in [-0.1, -0.05) is 12.8 Å². The molecule has 0 fully saturated rings. The fraction of sp³-hybridized carbons (Fsp3) is 0.333. The average Bonchev–Trinajstić information content (AvgIpc) is 2.96. The summed E-state index contributed by atoms with van der Waals surface area (Å²) in [6.45, 7) is 0. The molecule has 144 valence electrons. The van der Waals surface area contributed by atoms with Crippen LogP contribution in [-0.2, 0) is 12.8 Å². The Balaban J connectivity index is 1.95. The first kappa shape index (κ1) is 19.4. The molecule has 9 nitrogen and oxygen atoms in total. The smallest absolute Gasteiger partial charge is 0.277 e. The summed E-state index contributed by atoms with van der Waals surface area (Å²) < 4.78 is 0. The number of hydrogen-bond acceptors (Lipinski definition) is 7. The molecule has 0 bridgehead atoms. The van der Waals surface area contributed by atoms with Crippen LogP contribution in [-0.4, -0.2) is 15.8 Å². The van der Waals surface area contributed by atoms with Gasteiger partial charge in [0, 0.05) is 17.0 Å². The number of nitro groups is 2. The Hall–Kier alpha value is -3.32. The van der Waals surface area contributed by atoms with Gasteiger partial charge in [0.2, 0.25) is 0 Å². The van der Waals surface area contributed by atoms with E-state index in [2.05, 4.69) is 11.4 Å². The van der Waals surface area contributed by atoms with E-state index in [0.717, 1.165) is 67.2 Å². The van der Waals surface area contributed by atoms with Gasteiger partial charge in [0.05, 0.1) is 27.0 Å². The third kappa shape index (κ3) is 3.99. The molecule has 0 spiro atoms. The molecule has 0 saturated carbocycles. The molecular weight excluding hydrogens is 384 g/mol. The lowest BCUT2D eigenvalue weighted by Gasteiger charge is -2.08. The molecule has 1 heterocycles. The maximum Gasteiger partial charge on any atom is 0.277 e. The number of thiophene rings is 1. The van der Waals surface area contributed by atoms with Crippen LogP contribution in [0.5, 0.6) is 0 Å². The summed E-state index contributed by atoms with van der Waals surface area (Å²) in [5.41, 5.74) is 0.0740. The Bertz CT molecular complexity index is 976. The van der Waals surface area contributed by atoms with Crippen LogP contribution in [0.3, 0.4) is 0 Å². The van der Waals surface area contributed by atoms with E-state index >= 15 is 0 Å². The van der Waals surface area contributed by atoms with Gasteiger partial charge in [-0.25, -0.2) is 0 Å². The minimum absolute atomic E-state index is 0.203. The van der Waals surface area contributed by atoms with Gasteiger partial charge in [0.1, 0.15) is 11.1 Å². The van der Waals surface area contributed by atoms with Crippen molar-refractivity contribution < 1.29 is 14.6 Å². The number of fused-ring (bicyclic) bond motifs is 1. The number of nitrogens with one attached hydrogen (secondary N) is 1. The number of benzene rings is 1. The van der Waals surface area contributed by atoms with Gasteiger partial charge in [-0.15, -0.1) is 11.3 Å². The van der Waals surface area contributed by atoms with Crippen molar-refractivity contribution in [3.8, 4) is 6.07 Å². The fourth-order valence-electron chi connectivity index (χ4n) is 3.24. The molecule has 1 aliphatic carbocycles. The predicted molar refractivity (Wildman–Crippen MR) is 103 cm³/mol. The number of aryl methyl sites for hydroxylation is 1. The maximum atomic E-state index is 12.6. The van der Waals surface area contributed by atoms with Gasteiger partial charge in [-0.2, -0.15) is 5.26 Å². The monoisotopic (exact) mass is 400 g/mol. The Morgan fingerprint density at radius 2 is 1.64 bits per heavy atom. The summed E-state index contributed by atoms with van der Waals surface area (Å²) in [6.07, 6.45) is 5.82. The number of nitro benzene ring substituents is 2. The van der Waals surface area contributed by atoms with Crippen LogP contribution in [0.25, 0.3) is 0 Å². The van der Waals surface area contributed by atoms with E-state index in [1.54, 1.807) is 0 Å². The second-order valence-corrected chi connectivity index (χ2v) is 7.55. The van der Waals surface area contributed by atoms with E-state index < -0.39 is 27.1 Å². The lowest BCUT2D eigenvalue weighted by atomic mass is 9.97. The van der Waals surface area contributed by atoms with E-state index in [0.29, 0.717) is 10.6 Å². The first-order chi connectivity index (χ1) is 13.4. The van der Waals surface area contributed by atoms with E-state index in [1.807, 2.05) is 0 Å². The van der Waals surface area contributed by atoms with Crippen LogP contribution in [0.2, 0.25) is 0 Å². The second-order valence-electron chi connectivity index (χ2n) is 6.44. The first-order valence-corrected chi connectivity index (χ1v) is 9.52. The quantitative estimate of drug-likeness (QED) is 0.598. The predicted octanol–water partition coefficient (Wildman–Crippen LogP) is 4.35. The summed E-state index contributed by atoms with van der Waals surface area (Å²) in [6, 6.07) is 4.92. The SMILES string of the molecule is N#Cc1c(NC(=O)c2cc([N+](=O)[O-])cc([N+](=O)[O-])c2)sc2c1CCCCCC2. The molecule has 0 radical (unpaired) electrons. The third-order valence-corrected chi connectivity index (χ3v) is 5.80. The lowest BCUT2D eigenvalue weighted by molar-refractivity contribution is -0.394. The van der Waals surface area contributed by atoms with Gasteiger partial charge >= 0.3 is 0 Å². The highest BCUT2D eigenvalue weighted by Gasteiger charge is 2.23. The highest BCUT2D eigenvalue weighted by Crippen LogP contribution is 2.37. The van der Waals surface area contributed by atoms with Crippen molar-refractivity contribution in [1.82, 2.24) is 0 Å². The number of carbonyl (C=O) groups is 1. The van der Waals surface area contributed by atoms with Crippen molar-refractivity contribution >= 4 is 33.6 Å². The molecule has 1 aromatic heterocycles. The molecule has 0 unspecified atom stereocenters. The Morgan fingerprint density at radius 3 is 2.21 bits per heavy atom. The number of non-ortho nitro benzene ring substituents is 2. The largest absolute Gasteiger partial charge is 0.312 e. The fourth-order valence-corrected chi connectivity index (χ4v) is 4.47. The molecule has 0 aliphatic heterocycles. The molecule has 1 aromatic carbocycles. The number of rotatable bonds is 4. The number of anilines is 1. The van der Waals surface area contributed by atoms with Crippen molar-refractivity contribution in [2.24, 2.45) is 0 Å². The van der Waals surface area contributed by atoms with Crippen molar-refractivity contribution in [3.63, 3.8) is 0 Å². The molecule has 10 heteroatoms. The van der Waals surface area contributed by atoms with E-state index in [4.69, 9.17) is 0 Å². The zero-order valence-electron chi connectivity index (χ0n) is 14.8.